The van der Waals surface area contributed by atoms with Crippen molar-refractivity contribution in [2.75, 3.05) is 33.2 Å². The molecule has 0 unspecified atom stereocenters. The lowest BCUT2D eigenvalue weighted by atomic mass is 10.0. The topological polar surface area (TPSA) is 35.6 Å². The summed E-state index contributed by atoms with van der Waals surface area (Å²) in [5.41, 5.74) is 3.87. The van der Waals surface area contributed by atoms with Crippen molar-refractivity contribution in [3.05, 3.63) is 34.9 Å². The number of carbonyl (C=O) groups excluding carboxylic acids is 1. The Morgan fingerprint density at radius 2 is 1.89 bits per heavy atom. The first kappa shape index (κ1) is 12.6. The van der Waals surface area contributed by atoms with Crippen LogP contribution in [0.25, 0.3) is 0 Å². The monoisotopic (exact) mass is 259 g/mol. The molecule has 102 valence electrons. The second-order valence-electron chi connectivity index (χ2n) is 5.57. The molecule has 1 saturated heterocycles. The number of benzene rings is 1. The molecule has 1 N–H and O–H groups in total. The Morgan fingerprint density at radius 1 is 1.16 bits per heavy atom. The third-order valence-corrected chi connectivity index (χ3v) is 4.11. The normalized spacial score (nSPS) is 19.5. The predicted octanol–water partition coefficient (Wildman–Crippen LogP) is 0.606. The van der Waals surface area contributed by atoms with Crippen molar-refractivity contribution in [1.82, 2.24) is 15.1 Å². The summed E-state index contributed by atoms with van der Waals surface area (Å²) in [7, 11) is 2.11. The number of rotatable bonds is 2. The molecule has 2 heterocycles. The summed E-state index contributed by atoms with van der Waals surface area (Å²) in [5, 5.41) is 3.34. The zero-order valence-electron chi connectivity index (χ0n) is 11.5. The van der Waals surface area contributed by atoms with Gasteiger partial charge in [-0.1, -0.05) is 18.2 Å². The molecule has 0 atom stereocenters. The highest BCUT2D eigenvalue weighted by atomic mass is 16.2. The van der Waals surface area contributed by atoms with Crippen LogP contribution in [0.15, 0.2) is 18.2 Å². The Kier molecular flexibility index (Phi) is 3.53. The highest BCUT2D eigenvalue weighted by molar-refractivity contribution is 5.79. The van der Waals surface area contributed by atoms with E-state index < -0.39 is 0 Å². The quantitative estimate of drug-likeness (QED) is 0.845. The van der Waals surface area contributed by atoms with Crippen molar-refractivity contribution in [2.45, 2.75) is 19.5 Å². The summed E-state index contributed by atoms with van der Waals surface area (Å²) >= 11 is 0. The summed E-state index contributed by atoms with van der Waals surface area (Å²) in [6, 6.07) is 6.44. The molecule has 19 heavy (non-hydrogen) atoms. The Balaban J connectivity index is 1.63. The van der Waals surface area contributed by atoms with Crippen LogP contribution in [0.4, 0.5) is 0 Å². The van der Waals surface area contributed by atoms with Crippen LogP contribution in [0.5, 0.6) is 0 Å². The zero-order valence-corrected chi connectivity index (χ0v) is 11.5. The maximum Gasteiger partial charge on any atom is 0.227 e. The molecule has 0 aliphatic carbocycles. The molecule has 1 fully saturated rings. The zero-order chi connectivity index (χ0) is 13.2. The molecule has 3 rings (SSSR count). The highest BCUT2D eigenvalue weighted by Crippen LogP contribution is 2.18. The molecule has 4 heteroatoms. The van der Waals surface area contributed by atoms with Gasteiger partial charge in [-0.05, 0) is 23.7 Å². The third kappa shape index (κ3) is 2.80. The molecular formula is C15H21N3O. The number of fused-ring (bicyclic) bond motifs is 1. The minimum atomic E-state index is 0.263. The van der Waals surface area contributed by atoms with Crippen LogP contribution in [0.2, 0.25) is 0 Å². The third-order valence-electron chi connectivity index (χ3n) is 4.11. The highest BCUT2D eigenvalue weighted by Gasteiger charge is 2.19. The van der Waals surface area contributed by atoms with E-state index in [-0.39, 0.29) is 5.91 Å². The number of nitrogens with one attached hydrogen (secondary N) is 1. The Morgan fingerprint density at radius 3 is 2.68 bits per heavy atom. The van der Waals surface area contributed by atoms with Gasteiger partial charge in [0.15, 0.2) is 0 Å². The van der Waals surface area contributed by atoms with Crippen molar-refractivity contribution < 1.29 is 4.79 Å². The number of likely N-dealkylation sites (N-methyl/N-ethyl adjacent to an activating group) is 1. The minimum Gasteiger partial charge on any atom is -0.340 e. The van der Waals surface area contributed by atoms with E-state index in [1.165, 1.54) is 11.1 Å². The van der Waals surface area contributed by atoms with Crippen molar-refractivity contribution in [3.63, 3.8) is 0 Å². The van der Waals surface area contributed by atoms with Gasteiger partial charge in [0.05, 0.1) is 6.42 Å². The van der Waals surface area contributed by atoms with Crippen LogP contribution in [-0.4, -0.2) is 48.9 Å². The first-order valence-corrected chi connectivity index (χ1v) is 7.00. The average Bonchev–Trinajstić information content (AvgIpc) is 2.87. The van der Waals surface area contributed by atoms with E-state index in [0.717, 1.165) is 44.8 Å². The van der Waals surface area contributed by atoms with E-state index in [4.69, 9.17) is 0 Å². The van der Waals surface area contributed by atoms with Gasteiger partial charge in [0.1, 0.15) is 0 Å². The maximum absolute atomic E-state index is 12.3. The summed E-state index contributed by atoms with van der Waals surface area (Å²) in [4.78, 5) is 16.5. The van der Waals surface area contributed by atoms with E-state index in [9.17, 15) is 4.79 Å². The van der Waals surface area contributed by atoms with Crippen molar-refractivity contribution in [2.24, 2.45) is 0 Å². The first-order valence-electron chi connectivity index (χ1n) is 7.00. The number of piperazine rings is 1. The minimum absolute atomic E-state index is 0.263. The molecule has 0 bridgehead atoms. The number of amides is 1. The predicted molar refractivity (Wildman–Crippen MR) is 74.8 cm³/mol. The average molecular weight is 259 g/mol. The van der Waals surface area contributed by atoms with Gasteiger partial charge in [0, 0.05) is 39.3 Å². The first-order chi connectivity index (χ1) is 9.22. The fourth-order valence-electron chi connectivity index (χ4n) is 2.80. The summed E-state index contributed by atoms with van der Waals surface area (Å²) < 4.78 is 0. The van der Waals surface area contributed by atoms with Gasteiger partial charge < -0.3 is 15.1 Å². The number of hydrogen-bond acceptors (Lipinski definition) is 3. The fraction of sp³-hybridized carbons (Fsp3) is 0.533. The second-order valence-corrected chi connectivity index (χ2v) is 5.57. The van der Waals surface area contributed by atoms with Gasteiger partial charge in [-0.25, -0.2) is 0 Å². The molecule has 1 aromatic rings. The van der Waals surface area contributed by atoms with Crippen molar-refractivity contribution in [3.8, 4) is 0 Å². The molecule has 1 amide bonds. The molecule has 2 aliphatic heterocycles. The van der Waals surface area contributed by atoms with Gasteiger partial charge in [-0.2, -0.15) is 0 Å². The van der Waals surface area contributed by atoms with E-state index in [1.54, 1.807) is 0 Å². The van der Waals surface area contributed by atoms with Crippen molar-refractivity contribution in [1.29, 1.82) is 0 Å². The van der Waals surface area contributed by atoms with Crippen molar-refractivity contribution >= 4 is 5.91 Å². The molecule has 2 aliphatic rings. The Labute approximate surface area is 114 Å². The van der Waals surface area contributed by atoms with E-state index in [1.807, 2.05) is 4.90 Å². The largest absolute Gasteiger partial charge is 0.340 e. The molecular weight excluding hydrogens is 238 g/mol. The molecule has 1 aromatic carbocycles. The number of nitrogens with zero attached hydrogens (tertiary/aromatic N) is 2. The van der Waals surface area contributed by atoms with Gasteiger partial charge in [-0.3, -0.25) is 4.79 Å². The van der Waals surface area contributed by atoms with Crippen LogP contribution in [0.3, 0.4) is 0 Å². The van der Waals surface area contributed by atoms with Crippen LogP contribution >= 0.6 is 0 Å². The Hall–Kier alpha value is -1.39. The number of hydrogen-bond donors (Lipinski definition) is 1. The SMILES string of the molecule is CN1CCN(C(=O)Cc2ccc3c(c2)CNC3)CC1. The molecule has 0 spiro atoms. The Bertz CT molecular complexity index is 478. The van der Waals surface area contributed by atoms with Gasteiger partial charge in [0.2, 0.25) is 5.91 Å². The van der Waals surface area contributed by atoms with Crippen LogP contribution < -0.4 is 5.32 Å². The van der Waals surface area contributed by atoms with E-state index >= 15 is 0 Å². The molecule has 0 saturated carbocycles. The lowest BCUT2D eigenvalue weighted by Crippen LogP contribution is -2.47. The van der Waals surface area contributed by atoms with Gasteiger partial charge in [-0.15, -0.1) is 0 Å². The lowest BCUT2D eigenvalue weighted by molar-refractivity contribution is -0.132. The van der Waals surface area contributed by atoms with Gasteiger partial charge in [0.25, 0.3) is 0 Å². The number of carbonyl (C=O) groups is 1. The summed E-state index contributed by atoms with van der Waals surface area (Å²) in [6.45, 7) is 5.59. The molecule has 0 radical (unpaired) electrons. The van der Waals surface area contributed by atoms with Crippen LogP contribution in [0.1, 0.15) is 16.7 Å². The standard InChI is InChI=1S/C15H21N3O/c1-17-4-6-18(7-5-17)15(19)9-12-2-3-13-10-16-11-14(13)8-12/h2-3,8,16H,4-7,9-11H2,1H3. The van der Waals surface area contributed by atoms with Crippen LogP contribution in [0, 0.1) is 0 Å². The molecule has 4 nitrogen and oxygen atoms in total. The summed E-state index contributed by atoms with van der Waals surface area (Å²) in [6.07, 6.45) is 0.539. The fourth-order valence-corrected chi connectivity index (χ4v) is 2.80. The van der Waals surface area contributed by atoms with Crippen LogP contribution in [-0.2, 0) is 24.3 Å². The smallest absolute Gasteiger partial charge is 0.227 e. The van der Waals surface area contributed by atoms with Gasteiger partial charge >= 0.3 is 0 Å². The lowest BCUT2D eigenvalue weighted by Gasteiger charge is -2.32. The van der Waals surface area contributed by atoms with E-state index in [0.29, 0.717) is 6.42 Å². The second kappa shape index (κ2) is 5.31. The summed E-state index contributed by atoms with van der Waals surface area (Å²) in [5.74, 6) is 0.263. The van der Waals surface area contributed by atoms with E-state index in [2.05, 4.69) is 35.5 Å². The maximum atomic E-state index is 12.3. The molecule has 0 aromatic heterocycles.